The Morgan fingerprint density at radius 1 is 1.57 bits per heavy atom. The maximum atomic E-state index is 11.5. The van der Waals surface area contributed by atoms with E-state index in [1.54, 1.807) is 4.90 Å². The SMILES string of the molecule is CC(=O)N1CCC[C@H]1C(=O)NCCO. The Bertz CT molecular complexity index is 230. The van der Waals surface area contributed by atoms with E-state index < -0.39 is 0 Å². The summed E-state index contributed by atoms with van der Waals surface area (Å²) < 4.78 is 0. The molecule has 5 nitrogen and oxygen atoms in total. The van der Waals surface area contributed by atoms with E-state index in [2.05, 4.69) is 5.32 Å². The highest BCUT2D eigenvalue weighted by atomic mass is 16.3. The lowest BCUT2D eigenvalue weighted by Gasteiger charge is -2.22. The Kier molecular flexibility index (Phi) is 3.88. The largest absolute Gasteiger partial charge is 0.395 e. The summed E-state index contributed by atoms with van der Waals surface area (Å²) in [6.45, 7) is 2.31. The molecule has 5 heteroatoms. The number of nitrogens with zero attached hydrogens (tertiary/aromatic N) is 1. The Hall–Kier alpha value is -1.10. The van der Waals surface area contributed by atoms with Crippen molar-refractivity contribution in [1.29, 1.82) is 0 Å². The van der Waals surface area contributed by atoms with Gasteiger partial charge in [0.1, 0.15) is 6.04 Å². The summed E-state index contributed by atoms with van der Waals surface area (Å²) in [7, 11) is 0. The number of likely N-dealkylation sites (tertiary alicyclic amines) is 1. The zero-order chi connectivity index (χ0) is 10.6. The topological polar surface area (TPSA) is 69.6 Å². The van der Waals surface area contributed by atoms with Crippen LogP contribution in [0.25, 0.3) is 0 Å². The van der Waals surface area contributed by atoms with Crippen LogP contribution < -0.4 is 5.32 Å². The molecular formula is C9H16N2O3. The van der Waals surface area contributed by atoms with E-state index >= 15 is 0 Å². The Morgan fingerprint density at radius 3 is 2.86 bits per heavy atom. The molecule has 0 aliphatic carbocycles. The van der Waals surface area contributed by atoms with Crippen LogP contribution in [0.4, 0.5) is 0 Å². The number of carbonyl (C=O) groups excluding carboxylic acids is 2. The van der Waals surface area contributed by atoms with Crippen molar-refractivity contribution in [3.05, 3.63) is 0 Å². The normalized spacial score (nSPS) is 21.0. The lowest BCUT2D eigenvalue weighted by atomic mass is 10.2. The van der Waals surface area contributed by atoms with E-state index in [0.29, 0.717) is 6.54 Å². The van der Waals surface area contributed by atoms with Crippen LogP contribution in [0.15, 0.2) is 0 Å². The summed E-state index contributed by atoms with van der Waals surface area (Å²) in [6, 6.07) is -0.334. The van der Waals surface area contributed by atoms with Gasteiger partial charge in [0, 0.05) is 20.0 Å². The van der Waals surface area contributed by atoms with Crippen LogP contribution >= 0.6 is 0 Å². The number of hydrogen-bond donors (Lipinski definition) is 2. The van der Waals surface area contributed by atoms with Crippen LogP contribution in [-0.4, -0.2) is 47.6 Å². The van der Waals surface area contributed by atoms with Gasteiger partial charge < -0.3 is 15.3 Å². The van der Waals surface area contributed by atoms with E-state index in [0.717, 1.165) is 12.8 Å². The molecule has 1 rings (SSSR count). The average molecular weight is 200 g/mol. The lowest BCUT2D eigenvalue weighted by Crippen LogP contribution is -2.45. The smallest absolute Gasteiger partial charge is 0.242 e. The summed E-state index contributed by atoms with van der Waals surface area (Å²) in [6.07, 6.45) is 1.59. The van der Waals surface area contributed by atoms with Gasteiger partial charge in [-0.3, -0.25) is 9.59 Å². The molecule has 0 bridgehead atoms. The van der Waals surface area contributed by atoms with Crippen LogP contribution in [-0.2, 0) is 9.59 Å². The first-order valence-electron chi connectivity index (χ1n) is 4.82. The lowest BCUT2D eigenvalue weighted by molar-refractivity contribution is -0.136. The van der Waals surface area contributed by atoms with Crippen molar-refractivity contribution in [1.82, 2.24) is 10.2 Å². The predicted octanol–water partition coefficient (Wildman–Crippen LogP) is -0.894. The van der Waals surface area contributed by atoms with Gasteiger partial charge in [0.05, 0.1) is 6.61 Å². The molecule has 1 atom stereocenters. The monoisotopic (exact) mass is 200 g/mol. The van der Waals surface area contributed by atoms with E-state index in [1.165, 1.54) is 6.92 Å². The molecule has 80 valence electrons. The number of carbonyl (C=O) groups is 2. The highest BCUT2D eigenvalue weighted by Crippen LogP contribution is 2.16. The highest BCUT2D eigenvalue weighted by Gasteiger charge is 2.31. The van der Waals surface area contributed by atoms with Crippen molar-refractivity contribution in [2.75, 3.05) is 19.7 Å². The van der Waals surface area contributed by atoms with Crippen LogP contribution in [0.2, 0.25) is 0 Å². The summed E-state index contributed by atoms with van der Waals surface area (Å²) in [5.41, 5.74) is 0. The zero-order valence-electron chi connectivity index (χ0n) is 8.32. The third-order valence-electron chi connectivity index (χ3n) is 2.37. The third-order valence-corrected chi connectivity index (χ3v) is 2.37. The molecule has 1 heterocycles. The minimum absolute atomic E-state index is 0.0633. The van der Waals surface area contributed by atoms with Gasteiger partial charge in [0.2, 0.25) is 11.8 Å². The maximum absolute atomic E-state index is 11.5. The summed E-state index contributed by atoms with van der Waals surface area (Å²) in [4.78, 5) is 24.2. The van der Waals surface area contributed by atoms with Gasteiger partial charge in [-0.2, -0.15) is 0 Å². The molecule has 0 aromatic carbocycles. The molecule has 1 aliphatic rings. The summed E-state index contributed by atoms with van der Waals surface area (Å²) in [5.74, 6) is -0.224. The highest BCUT2D eigenvalue weighted by molar-refractivity contribution is 5.87. The van der Waals surface area contributed by atoms with Gasteiger partial charge in [-0.25, -0.2) is 0 Å². The third kappa shape index (κ3) is 2.45. The van der Waals surface area contributed by atoms with E-state index in [9.17, 15) is 9.59 Å². The van der Waals surface area contributed by atoms with E-state index in [-0.39, 0.29) is 31.0 Å². The molecule has 0 spiro atoms. The Balaban J connectivity index is 2.49. The first-order chi connectivity index (χ1) is 6.66. The fraction of sp³-hybridized carbons (Fsp3) is 0.778. The molecule has 0 unspecified atom stereocenters. The average Bonchev–Trinajstić information content (AvgIpc) is 2.62. The number of aliphatic hydroxyl groups excluding tert-OH is 1. The van der Waals surface area contributed by atoms with Gasteiger partial charge in [-0.15, -0.1) is 0 Å². The van der Waals surface area contributed by atoms with Crippen molar-refractivity contribution in [3.8, 4) is 0 Å². The molecule has 1 saturated heterocycles. The van der Waals surface area contributed by atoms with Crippen LogP contribution in [0.3, 0.4) is 0 Å². The Morgan fingerprint density at radius 2 is 2.29 bits per heavy atom. The minimum Gasteiger partial charge on any atom is -0.395 e. The van der Waals surface area contributed by atoms with Gasteiger partial charge >= 0.3 is 0 Å². The molecule has 14 heavy (non-hydrogen) atoms. The molecule has 1 fully saturated rings. The van der Waals surface area contributed by atoms with Crippen molar-refractivity contribution in [2.45, 2.75) is 25.8 Å². The molecule has 0 aromatic heterocycles. The summed E-state index contributed by atoms with van der Waals surface area (Å²) >= 11 is 0. The molecule has 0 aromatic rings. The first kappa shape index (κ1) is 11.0. The van der Waals surface area contributed by atoms with Crippen LogP contribution in [0.5, 0.6) is 0 Å². The molecule has 2 N–H and O–H groups in total. The molecule has 0 radical (unpaired) electrons. The van der Waals surface area contributed by atoms with Gasteiger partial charge in [0.15, 0.2) is 0 Å². The number of hydrogen-bond acceptors (Lipinski definition) is 3. The quantitative estimate of drug-likeness (QED) is 0.620. The number of nitrogens with one attached hydrogen (secondary N) is 1. The summed E-state index contributed by atoms with van der Waals surface area (Å²) in [5, 5.41) is 11.1. The molecule has 2 amide bonds. The van der Waals surface area contributed by atoms with Crippen molar-refractivity contribution >= 4 is 11.8 Å². The van der Waals surface area contributed by atoms with Crippen LogP contribution in [0.1, 0.15) is 19.8 Å². The van der Waals surface area contributed by atoms with Crippen molar-refractivity contribution in [3.63, 3.8) is 0 Å². The second-order valence-electron chi connectivity index (χ2n) is 3.39. The Labute approximate surface area is 83.1 Å². The van der Waals surface area contributed by atoms with E-state index in [4.69, 9.17) is 5.11 Å². The zero-order valence-corrected chi connectivity index (χ0v) is 8.32. The van der Waals surface area contributed by atoms with Gasteiger partial charge in [-0.05, 0) is 12.8 Å². The van der Waals surface area contributed by atoms with Crippen molar-refractivity contribution < 1.29 is 14.7 Å². The first-order valence-corrected chi connectivity index (χ1v) is 4.82. The van der Waals surface area contributed by atoms with Gasteiger partial charge in [-0.1, -0.05) is 0 Å². The minimum atomic E-state index is -0.334. The molecule has 0 saturated carbocycles. The molecule has 1 aliphatic heterocycles. The standard InChI is InChI=1S/C9H16N2O3/c1-7(13)11-5-2-3-8(11)9(14)10-4-6-12/h8,12H,2-6H2,1H3,(H,10,14)/t8-/m0/s1. The number of amides is 2. The van der Waals surface area contributed by atoms with E-state index in [1.807, 2.05) is 0 Å². The van der Waals surface area contributed by atoms with Gasteiger partial charge in [0.25, 0.3) is 0 Å². The maximum Gasteiger partial charge on any atom is 0.242 e. The number of rotatable bonds is 3. The second kappa shape index (κ2) is 4.95. The molecular weight excluding hydrogens is 184 g/mol. The number of aliphatic hydroxyl groups is 1. The van der Waals surface area contributed by atoms with Crippen molar-refractivity contribution in [2.24, 2.45) is 0 Å². The fourth-order valence-corrected chi connectivity index (χ4v) is 1.71. The fourth-order valence-electron chi connectivity index (χ4n) is 1.71. The van der Waals surface area contributed by atoms with Crippen LogP contribution in [0, 0.1) is 0 Å². The predicted molar refractivity (Wildman–Crippen MR) is 50.5 cm³/mol. The second-order valence-corrected chi connectivity index (χ2v) is 3.39.